The van der Waals surface area contributed by atoms with Crippen LogP contribution < -0.4 is 0 Å². The van der Waals surface area contributed by atoms with Gasteiger partial charge in [0, 0.05) is 12.7 Å². The Hall–Kier alpha value is -2.41. The Morgan fingerprint density at radius 3 is 3.12 bits per heavy atom. The Labute approximate surface area is 143 Å². The Morgan fingerprint density at radius 2 is 2.38 bits per heavy atom. The topological polar surface area (TPSA) is 64.2 Å². The van der Waals surface area contributed by atoms with E-state index in [0.29, 0.717) is 10.6 Å². The van der Waals surface area contributed by atoms with Crippen LogP contribution in [0.3, 0.4) is 0 Å². The van der Waals surface area contributed by atoms with Gasteiger partial charge in [-0.1, -0.05) is 0 Å². The smallest absolute Gasteiger partial charge is 0.265 e. The second-order valence-electron chi connectivity index (χ2n) is 6.04. The van der Waals surface area contributed by atoms with Gasteiger partial charge in [0.25, 0.3) is 5.91 Å². The number of rotatable bonds is 4. The molecule has 0 aliphatic carbocycles. The van der Waals surface area contributed by atoms with Gasteiger partial charge in [-0.3, -0.25) is 9.48 Å². The predicted molar refractivity (Wildman–Crippen MR) is 90.8 cm³/mol. The molecule has 1 aliphatic rings. The third kappa shape index (κ3) is 2.87. The van der Waals surface area contributed by atoms with Crippen molar-refractivity contribution < 1.29 is 9.21 Å². The van der Waals surface area contributed by atoms with Gasteiger partial charge in [0.05, 0.1) is 31.2 Å². The Balaban J connectivity index is 1.50. The van der Waals surface area contributed by atoms with E-state index in [2.05, 4.69) is 10.1 Å². The molecule has 1 unspecified atom stereocenters. The number of aromatic nitrogens is 3. The predicted octanol–water partition coefficient (Wildman–Crippen LogP) is 3.21. The number of hydrogen-bond acceptors (Lipinski definition) is 5. The largest absolute Gasteiger partial charge is 0.462 e. The molecule has 0 radical (unpaired) electrons. The Kier molecular flexibility index (Phi) is 3.93. The van der Waals surface area contributed by atoms with Crippen LogP contribution in [-0.4, -0.2) is 38.2 Å². The summed E-state index contributed by atoms with van der Waals surface area (Å²) in [4.78, 5) is 19.8. The lowest BCUT2D eigenvalue weighted by Gasteiger charge is -2.24. The lowest BCUT2D eigenvalue weighted by molar-refractivity contribution is 0.0726. The molecule has 1 aliphatic heterocycles. The zero-order valence-electron chi connectivity index (χ0n) is 13.4. The van der Waals surface area contributed by atoms with E-state index in [4.69, 9.17) is 4.42 Å². The molecular weight excluding hydrogens is 324 g/mol. The molecular formula is C17H18N4O2S. The first-order valence-electron chi connectivity index (χ1n) is 8.00. The summed E-state index contributed by atoms with van der Waals surface area (Å²) in [7, 11) is 0. The average molecular weight is 342 g/mol. The highest BCUT2D eigenvalue weighted by molar-refractivity contribution is 7.16. The molecule has 1 fully saturated rings. The summed E-state index contributed by atoms with van der Waals surface area (Å²) in [6.07, 6.45) is 9.16. The molecule has 24 heavy (non-hydrogen) atoms. The van der Waals surface area contributed by atoms with Crippen LogP contribution in [0.15, 0.2) is 41.4 Å². The van der Waals surface area contributed by atoms with Gasteiger partial charge in [-0.05, 0) is 37.5 Å². The number of carbonyl (C=O) groups excluding carboxylic acids is 1. The third-order valence-corrected chi connectivity index (χ3v) is 5.25. The Bertz CT molecular complexity index is 837. The molecule has 0 N–H and O–H groups in total. The van der Waals surface area contributed by atoms with Crippen molar-refractivity contribution in [3.8, 4) is 10.8 Å². The molecule has 1 saturated heterocycles. The van der Waals surface area contributed by atoms with Crippen molar-refractivity contribution >= 4 is 17.2 Å². The zero-order valence-corrected chi connectivity index (χ0v) is 14.2. The minimum absolute atomic E-state index is 0.0525. The lowest BCUT2D eigenvalue weighted by atomic mass is 10.2. The van der Waals surface area contributed by atoms with Crippen molar-refractivity contribution in [3.05, 3.63) is 47.4 Å². The van der Waals surface area contributed by atoms with E-state index in [1.54, 1.807) is 12.5 Å². The number of hydrogen-bond donors (Lipinski definition) is 0. The first kappa shape index (κ1) is 15.1. The molecule has 0 saturated carbocycles. The quantitative estimate of drug-likeness (QED) is 0.730. The van der Waals surface area contributed by atoms with Crippen LogP contribution >= 0.6 is 11.3 Å². The van der Waals surface area contributed by atoms with Gasteiger partial charge < -0.3 is 9.32 Å². The number of furan rings is 1. The van der Waals surface area contributed by atoms with Crippen molar-refractivity contribution in [1.29, 1.82) is 0 Å². The summed E-state index contributed by atoms with van der Waals surface area (Å²) in [6, 6.07) is 3.86. The van der Waals surface area contributed by atoms with Gasteiger partial charge in [-0.15, -0.1) is 11.3 Å². The highest BCUT2D eigenvalue weighted by Crippen LogP contribution is 2.28. The molecule has 1 atom stereocenters. The van der Waals surface area contributed by atoms with Crippen LogP contribution in [0.5, 0.6) is 0 Å². The standard InChI is InChI=1S/C17H18N4O2S/c1-12-8-19-20(10-12)11-13-4-2-6-21(13)17(22)15-9-18-16(24-15)14-5-3-7-23-14/h3,5,7-10,13H,2,4,6,11H2,1H3. The number of thiazole rings is 1. The van der Waals surface area contributed by atoms with E-state index in [0.717, 1.165) is 36.5 Å². The summed E-state index contributed by atoms with van der Waals surface area (Å²) >= 11 is 1.38. The molecule has 3 aromatic heterocycles. The van der Waals surface area contributed by atoms with Crippen molar-refractivity contribution in [2.24, 2.45) is 0 Å². The maximum atomic E-state index is 12.9. The van der Waals surface area contributed by atoms with Gasteiger partial charge in [0.1, 0.15) is 4.88 Å². The van der Waals surface area contributed by atoms with Crippen molar-refractivity contribution in [2.45, 2.75) is 32.4 Å². The van der Waals surface area contributed by atoms with E-state index < -0.39 is 0 Å². The van der Waals surface area contributed by atoms with Crippen LogP contribution in [0.1, 0.15) is 28.1 Å². The molecule has 124 valence electrons. The fourth-order valence-corrected chi connectivity index (χ4v) is 3.94. The van der Waals surface area contributed by atoms with Gasteiger partial charge in [-0.25, -0.2) is 4.98 Å². The zero-order chi connectivity index (χ0) is 16.5. The van der Waals surface area contributed by atoms with Gasteiger partial charge in [0.2, 0.25) is 0 Å². The fraction of sp³-hybridized carbons (Fsp3) is 0.353. The minimum Gasteiger partial charge on any atom is -0.462 e. The summed E-state index contributed by atoms with van der Waals surface area (Å²) in [5.41, 5.74) is 1.14. The van der Waals surface area contributed by atoms with Gasteiger partial charge in [0.15, 0.2) is 10.8 Å². The maximum absolute atomic E-state index is 12.9. The van der Waals surface area contributed by atoms with Crippen molar-refractivity contribution in [3.63, 3.8) is 0 Å². The molecule has 0 aromatic carbocycles. The van der Waals surface area contributed by atoms with E-state index in [-0.39, 0.29) is 11.9 Å². The summed E-state index contributed by atoms with van der Waals surface area (Å²) in [5.74, 6) is 0.751. The molecule has 7 heteroatoms. The average Bonchev–Trinajstić information content (AvgIpc) is 3.35. The van der Waals surface area contributed by atoms with Crippen LogP contribution in [0.2, 0.25) is 0 Å². The summed E-state index contributed by atoms with van der Waals surface area (Å²) in [5, 5.41) is 5.08. The molecule has 4 rings (SSSR count). The maximum Gasteiger partial charge on any atom is 0.265 e. The summed E-state index contributed by atoms with van der Waals surface area (Å²) < 4.78 is 7.28. The first-order chi connectivity index (χ1) is 11.7. The van der Waals surface area contributed by atoms with E-state index >= 15 is 0 Å². The second-order valence-corrected chi connectivity index (χ2v) is 7.07. The van der Waals surface area contributed by atoms with Gasteiger partial charge >= 0.3 is 0 Å². The number of amides is 1. The number of carbonyl (C=O) groups is 1. The molecule has 0 spiro atoms. The SMILES string of the molecule is Cc1cnn(CC2CCCN2C(=O)c2cnc(-c3ccco3)s2)c1. The molecule has 6 nitrogen and oxygen atoms in total. The molecule has 3 aromatic rings. The first-order valence-corrected chi connectivity index (χ1v) is 8.82. The third-order valence-electron chi connectivity index (χ3n) is 4.25. The number of aryl methyl sites for hydroxylation is 1. The highest BCUT2D eigenvalue weighted by atomic mass is 32.1. The Morgan fingerprint density at radius 1 is 1.46 bits per heavy atom. The lowest BCUT2D eigenvalue weighted by Crippen LogP contribution is -2.37. The van der Waals surface area contributed by atoms with Gasteiger partial charge in [-0.2, -0.15) is 5.10 Å². The molecule has 4 heterocycles. The monoisotopic (exact) mass is 342 g/mol. The van der Waals surface area contributed by atoms with Crippen LogP contribution in [0, 0.1) is 6.92 Å². The fourth-order valence-electron chi connectivity index (χ4n) is 3.10. The number of likely N-dealkylation sites (tertiary alicyclic amines) is 1. The van der Waals surface area contributed by atoms with E-state index in [1.165, 1.54) is 11.3 Å². The number of nitrogens with zero attached hydrogens (tertiary/aromatic N) is 4. The van der Waals surface area contributed by atoms with E-state index in [1.807, 2.05) is 41.0 Å². The normalized spacial score (nSPS) is 17.5. The van der Waals surface area contributed by atoms with Crippen LogP contribution in [-0.2, 0) is 6.54 Å². The van der Waals surface area contributed by atoms with Crippen molar-refractivity contribution in [2.75, 3.05) is 6.54 Å². The van der Waals surface area contributed by atoms with Crippen LogP contribution in [0.4, 0.5) is 0 Å². The second kappa shape index (κ2) is 6.24. The molecule has 1 amide bonds. The van der Waals surface area contributed by atoms with Crippen molar-refractivity contribution in [1.82, 2.24) is 19.7 Å². The summed E-state index contributed by atoms with van der Waals surface area (Å²) in [6.45, 7) is 3.55. The highest BCUT2D eigenvalue weighted by Gasteiger charge is 2.31. The molecule has 0 bridgehead atoms. The van der Waals surface area contributed by atoms with E-state index in [9.17, 15) is 4.79 Å². The minimum atomic E-state index is 0.0525. The van der Waals surface area contributed by atoms with Crippen LogP contribution in [0.25, 0.3) is 10.8 Å².